The Balaban J connectivity index is 1.86. The maximum atomic E-state index is 13.6. The van der Waals surface area contributed by atoms with E-state index in [1.165, 1.54) is 18.1 Å². The highest BCUT2D eigenvalue weighted by Crippen LogP contribution is 2.45. The number of hydrogen-bond acceptors (Lipinski definition) is 7. The molecule has 2 aliphatic rings. The summed E-state index contributed by atoms with van der Waals surface area (Å²) >= 11 is 0. The summed E-state index contributed by atoms with van der Waals surface area (Å²) in [5.41, 5.74) is 0.999. The smallest absolute Gasteiger partial charge is 0.286 e. The van der Waals surface area contributed by atoms with Gasteiger partial charge in [0.05, 0.1) is 17.4 Å². The van der Waals surface area contributed by atoms with E-state index in [1.54, 1.807) is 42.5 Å². The Morgan fingerprint density at radius 1 is 1.26 bits per heavy atom. The number of para-hydroxylation sites is 2. The number of rotatable bonds is 5. The second kappa shape index (κ2) is 7.77. The lowest BCUT2D eigenvalue weighted by atomic mass is 9.83. The molecule has 0 fully saturated rings. The fraction of sp³-hybridized carbons (Fsp3) is 0.286. The zero-order valence-electron chi connectivity index (χ0n) is 16.6. The van der Waals surface area contributed by atoms with Crippen LogP contribution in [0.4, 0.5) is 11.4 Å². The molecule has 0 aliphatic carbocycles. The molecule has 2 aliphatic heterocycles. The summed E-state index contributed by atoms with van der Waals surface area (Å²) < 4.78 is 34.7. The van der Waals surface area contributed by atoms with Crippen LogP contribution in [0.1, 0.15) is 18.4 Å². The van der Waals surface area contributed by atoms with Gasteiger partial charge in [0.2, 0.25) is 11.7 Å². The second-order valence-electron chi connectivity index (χ2n) is 7.18. The molecule has 10 heteroatoms. The number of aliphatic hydroxyl groups is 1. The standard InChI is InChI=1S/C21H20N4O5S/c1-30-21(27)14-8-2-4-10-16(14)25(13-7-6-12-22)20(26)18(21)19-23-15-9-3-5-11-17(15)31(28,29)24-19/h2-5,8-11,18,27H,6-7,13H2,1H3,(H,23,24). The third kappa shape index (κ3) is 3.37. The Bertz CT molecular complexity index is 1220. The van der Waals surface area contributed by atoms with Crippen molar-refractivity contribution in [3.63, 3.8) is 0 Å². The maximum absolute atomic E-state index is 13.6. The summed E-state index contributed by atoms with van der Waals surface area (Å²) in [6.07, 6.45) is 0.655. The van der Waals surface area contributed by atoms with Crippen molar-refractivity contribution < 1.29 is 23.1 Å². The van der Waals surface area contributed by atoms with Gasteiger partial charge in [0.1, 0.15) is 10.7 Å². The molecule has 2 N–H and O–H groups in total. The number of hydrogen-bond donors (Lipinski definition) is 2. The molecule has 0 saturated heterocycles. The number of ether oxygens (including phenoxy) is 1. The van der Waals surface area contributed by atoms with E-state index in [1.807, 2.05) is 6.07 Å². The average molecular weight is 440 g/mol. The monoisotopic (exact) mass is 440 g/mol. The number of nitrogens with one attached hydrogen (secondary N) is 1. The van der Waals surface area contributed by atoms with Gasteiger partial charge in [0.25, 0.3) is 10.0 Å². The van der Waals surface area contributed by atoms with Crippen molar-refractivity contribution in [2.45, 2.75) is 23.5 Å². The van der Waals surface area contributed by atoms with E-state index in [2.05, 4.69) is 9.71 Å². The largest absolute Gasteiger partial charge is 0.361 e. The highest BCUT2D eigenvalue weighted by atomic mass is 32.2. The fourth-order valence-electron chi connectivity index (χ4n) is 3.95. The minimum atomic E-state index is -4.09. The van der Waals surface area contributed by atoms with E-state index in [9.17, 15) is 18.3 Å². The predicted octanol–water partition coefficient (Wildman–Crippen LogP) is 1.96. The molecule has 0 aromatic heterocycles. The van der Waals surface area contributed by atoms with Crippen molar-refractivity contribution in [1.82, 2.24) is 0 Å². The molecule has 0 spiro atoms. The van der Waals surface area contributed by atoms with Gasteiger partial charge in [-0.15, -0.1) is 4.40 Å². The van der Waals surface area contributed by atoms with E-state index >= 15 is 0 Å². The van der Waals surface area contributed by atoms with Gasteiger partial charge in [-0.2, -0.15) is 13.7 Å². The average Bonchev–Trinajstić information content (AvgIpc) is 2.76. The van der Waals surface area contributed by atoms with Crippen molar-refractivity contribution in [3.05, 3.63) is 54.1 Å². The van der Waals surface area contributed by atoms with Crippen LogP contribution in [0.25, 0.3) is 0 Å². The van der Waals surface area contributed by atoms with Gasteiger partial charge >= 0.3 is 0 Å². The highest BCUT2D eigenvalue weighted by molar-refractivity contribution is 7.90. The minimum absolute atomic E-state index is 0.0192. The van der Waals surface area contributed by atoms with Gasteiger partial charge in [-0.05, 0) is 24.6 Å². The molecule has 1 amide bonds. The number of amidine groups is 1. The van der Waals surface area contributed by atoms with Crippen LogP contribution in [0.3, 0.4) is 0 Å². The van der Waals surface area contributed by atoms with E-state index in [4.69, 9.17) is 10.00 Å². The molecule has 0 radical (unpaired) electrons. The van der Waals surface area contributed by atoms with Crippen LogP contribution in [0.2, 0.25) is 0 Å². The van der Waals surface area contributed by atoms with E-state index in [0.29, 0.717) is 17.7 Å². The Morgan fingerprint density at radius 3 is 2.71 bits per heavy atom. The number of carbonyl (C=O) groups is 1. The van der Waals surface area contributed by atoms with Gasteiger partial charge in [-0.25, -0.2) is 0 Å². The molecule has 2 unspecified atom stereocenters. The molecular formula is C21H20N4O5S. The third-order valence-electron chi connectivity index (χ3n) is 5.39. The lowest BCUT2D eigenvalue weighted by molar-refractivity contribution is -0.216. The summed E-state index contributed by atoms with van der Waals surface area (Å²) in [7, 11) is -2.85. The summed E-state index contributed by atoms with van der Waals surface area (Å²) in [4.78, 5) is 15.0. The quantitative estimate of drug-likeness (QED) is 0.536. The molecule has 160 valence electrons. The van der Waals surface area contributed by atoms with Gasteiger partial charge in [-0.1, -0.05) is 30.3 Å². The Morgan fingerprint density at radius 2 is 1.97 bits per heavy atom. The Hall–Kier alpha value is -3.26. The molecule has 2 aromatic rings. The number of nitrogens with zero attached hydrogens (tertiary/aromatic N) is 3. The van der Waals surface area contributed by atoms with Crippen LogP contribution < -0.4 is 10.2 Å². The number of sulfonamides is 1. The van der Waals surface area contributed by atoms with Gasteiger partial charge in [0.15, 0.2) is 5.92 Å². The van der Waals surface area contributed by atoms with Crippen molar-refractivity contribution in [2.75, 3.05) is 23.9 Å². The van der Waals surface area contributed by atoms with Crippen molar-refractivity contribution >= 4 is 33.1 Å². The molecule has 0 bridgehead atoms. The number of amides is 1. The van der Waals surface area contributed by atoms with Gasteiger partial charge in [-0.3, -0.25) is 4.79 Å². The van der Waals surface area contributed by atoms with Crippen LogP contribution in [-0.2, 0) is 25.3 Å². The molecule has 4 rings (SSSR count). The summed E-state index contributed by atoms with van der Waals surface area (Å²) in [5, 5.41) is 23.3. The first kappa shape index (κ1) is 21.0. The van der Waals surface area contributed by atoms with Crippen LogP contribution in [-0.4, -0.2) is 38.9 Å². The lowest BCUT2D eigenvalue weighted by Gasteiger charge is -2.44. The molecule has 31 heavy (non-hydrogen) atoms. The van der Waals surface area contributed by atoms with Crippen molar-refractivity contribution in [2.24, 2.45) is 10.3 Å². The Kier molecular flexibility index (Phi) is 5.26. The van der Waals surface area contributed by atoms with E-state index in [0.717, 1.165) is 0 Å². The zero-order valence-corrected chi connectivity index (χ0v) is 17.5. The first-order valence-electron chi connectivity index (χ1n) is 9.60. The summed E-state index contributed by atoms with van der Waals surface area (Å²) in [6.45, 7) is 0.219. The number of anilines is 2. The highest BCUT2D eigenvalue weighted by Gasteiger charge is 2.55. The minimum Gasteiger partial charge on any atom is -0.361 e. The number of nitriles is 1. The number of benzene rings is 2. The molecule has 2 heterocycles. The van der Waals surface area contributed by atoms with Crippen molar-refractivity contribution in [1.29, 1.82) is 5.26 Å². The SMILES string of the molecule is COC1(O)c2ccccc2N(CCCC#N)C(=O)C1C1=NS(=O)(=O)c2ccccc2N1. The van der Waals surface area contributed by atoms with E-state index in [-0.39, 0.29) is 29.4 Å². The maximum Gasteiger partial charge on any atom is 0.286 e. The normalized spacial score (nSPS) is 23.8. The first-order valence-corrected chi connectivity index (χ1v) is 11.0. The van der Waals surface area contributed by atoms with Crippen LogP contribution in [0.15, 0.2) is 57.8 Å². The predicted molar refractivity (Wildman–Crippen MR) is 113 cm³/mol. The zero-order chi connectivity index (χ0) is 22.2. The molecule has 2 aromatic carbocycles. The summed E-state index contributed by atoms with van der Waals surface area (Å²) in [5.74, 6) is -4.42. The van der Waals surface area contributed by atoms with Crippen molar-refractivity contribution in [3.8, 4) is 6.07 Å². The first-order chi connectivity index (χ1) is 14.8. The van der Waals surface area contributed by atoms with Crippen LogP contribution in [0.5, 0.6) is 0 Å². The van der Waals surface area contributed by atoms with Crippen LogP contribution in [0, 0.1) is 17.2 Å². The molecule has 2 atom stereocenters. The third-order valence-corrected chi connectivity index (χ3v) is 6.74. The lowest BCUT2D eigenvalue weighted by Crippen LogP contribution is -2.58. The fourth-order valence-corrected chi connectivity index (χ4v) is 5.10. The number of methoxy groups -OCH3 is 1. The van der Waals surface area contributed by atoms with Gasteiger partial charge < -0.3 is 20.1 Å². The number of carbonyl (C=O) groups excluding carboxylic acids is 1. The molecular weight excluding hydrogens is 420 g/mol. The topological polar surface area (TPSA) is 132 Å². The van der Waals surface area contributed by atoms with Gasteiger partial charge in [0, 0.05) is 25.6 Å². The molecule has 9 nitrogen and oxygen atoms in total. The number of unbranched alkanes of at least 4 members (excludes halogenated alkanes) is 1. The van der Waals surface area contributed by atoms with Crippen LogP contribution >= 0.6 is 0 Å². The molecule has 0 saturated carbocycles. The van der Waals surface area contributed by atoms with E-state index < -0.39 is 27.6 Å². The number of fused-ring (bicyclic) bond motifs is 2. The Labute approximate surface area is 179 Å². The summed E-state index contributed by atoms with van der Waals surface area (Å²) in [6, 6.07) is 14.9. The second-order valence-corrected chi connectivity index (χ2v) is 8.75.